The zero-order valence-electron chi connectivity index (χ0n) is 9.99. The molecule has 3 N–H and O–H groups in total. The lowest BCUT2D eigenvalue weighted by Crippen LogP contribution is -2.18. The third-order valence-electron chi connectivity index (χ3n) is 2.17. The molecule has 0 fully saturated rings. The number of hydrogen-bond acceptors (Lipinski definition) is 5. The van der Waals surface area contributed by atoms with E-state index in [1.54, 1.807) is 0 Å². The minimum absolute atomic E-state index is 0.228. The van der Waals surface area contributed by atoms with Crippen molar-refractivity contribution in [3.63, 3.8) is 0 Å². The Morgan fingerprint density at radius 1 is 1.16 bits per heavy atom. The Morgan fingerprint density at radius 2 is 1.79 bits per heavy atom. The first-order valence-electron chi connectivity index (χ1n) is 5.28. The van der Waals surface area contributed by atoms with Gasteiger partial charge in [-0.05, 0) is 25.1 Å². The first-order chi connectivity index (χ1) is 8.82. The molecule has 0 aliphatic carbocycles. The van der Waals surface area contributed by atoms with Crippen molar-refractivity contribution < 1.29 is 34.4 Å². The van der Waals surface area contributed by atoms with E-state index in [2.05, 4.69) is 4.74 Å². The van der Waals surface area contributed by atoms with E-state index in [1.807, 2.05) is 0 Å². The SMILES string of the molecule is CC(O)COC(=O)c1cc(C(=O)O)ccc1C(=O)O. The van der Waals surface area contributed by atoms with E-state index in [0.717, 1.165) is 18.2 Å². The maximum absolute atomic E-state index is 11.7. The summed E-state index contributed by atoms with van der Waals surface area (Å²) in [5.41, 5.74) is -0.956. The molecular weight excluding hydrogens is 256 g/mol. The number of rotatable bonds is 5. The number of carbonyl (C=O) groups excluding carboxylic acids is 1. The topological polar surface area (TPSA) is 121 Å². The van der Waals surface area contributed by atoms with Crippen LogP contribution in [0.1, 0.15) is 38.0 Å². The number of aromatic carboxylic acids is 2. The lowest BCUT2D eigenvalue weighted by molar-refractivity contribution is 0.0292. The van der Waals surface area contributed by atoms with Crippen molar-refractivity contribution in [2.45, 2.75) is 13.0 Å². The van der Waals surface area contributed by atoms with Gasteiger partial charge in [-0.3, -0.25) is 0 Å². The zero-order chi connectivity index (χ0) is 14.6. The second-order valence-electron chi connectivity index (χ2n) is 3.82. The summed E-state index contributed by atoms with van der Waals surface area (Å²) >= 11 is 0. The van der Waals surface area contributed by atoms with Gasteiger partial charge in [-0.15, -0.1) is 0 Å². The molecule has 0 bridgehead atoms. The normalized spacial score (nSPS) is 11.7. The van der Waals surface area contributed by atoms with Crippen LogP contribution in [0.4, 0.5) is 0 Å². The summed E-state index contributed by atoms with van der Waals surface area (Å²) in [7, 11) is 0. The van der Waals surface area contributed by atoms with E-state index >= 15 is 0 Å². The molecule has 7 nitrogen and oxygen atoms in total. The van der Waals surface area contributed by atoms with Crippen LogP contribution in [0, 0.1) is 0 Å². The van der Waals surface area contributed by atoms with Gasteiger partial charge < -0.3 is 20.1 Å². The van der Waals surface area contributed by atoms with Gasteiger partial charge in [0.05, 0.1) is 22.8 Å². The van der Waals surface area contributed by atoms with Crippen LogP contribution < -0.4 is 0 Å². The highest BCUT2D eigenvalue weighted by atomic mass is 16.5. The van der Waals surface area contributed by atoms with Gasteiger partial charge in [0.25, 0.3) is 0 Å². The predicted octanol–water partition coefficient (Wildman–Crippen LogP) is 0.621. The van der Waals surface area contributed by atoms with Crippen molar-refractivity contribution in [1.82, 2.24) is 0 Å². The Hall–Kier alpha value is -2.41. The molecule has 0 aliphatic rings. The number of carboxylic acids is 2. The third-order valence-corrected chi connectivity index (χ3v) is 2.17. The number of esters is 1. The van der Waals surface area contributed by atoms with Crippen LogP contribution in [0.2, 0.25) is 0 Å². The Balaban J connectivity index is 3.13. The van der Waals surface area contributed by atoms with Gasteiger partial charge in [0.15, 0.2) is 0 Å². The van der Waals surface area contributed by atoms with Crippen LogP contribution in [0.5, 0.6) is 0 Å². The Bertz CT molecular complexity index is 519. The fraction of sp³-hybridized carbons (Fsp3) is 0.250. The molecule has 1 atom stereocenters. The van der Waals surface area contributed by atoms with E-state index < -0.39 is 24.0 Å². The number of carbonyl (C=O) groups is 3. The number of carboxylic acid groups (broad SMARTS) is 2. The average Bonchev–Trinajstić information content (AvgIpc) is 2.34. The Labute approximate surface area is 108 Å². The summed E-state index contributed by atoms with van der Waals surface area (Å²) in [6, 6.07) is 3.03. The molecule has 0 spiro atoms. The molecule has 102 valence electrons. The van der Waals surface area contributed by atoms with Gasteiger partial charge in [0, 0.05) is 0 Å². The van der Waals surface area contributed by atoms with E-state index in [9.17, 15) is 14.4 Å². The van der Waals surface area contributed by atoms with Crippen molar-refractivity contribution in [2.24, 2.45) is 0 Å². The molecule has 7 heteroatoms. The maximum Gasteiger partial charge on any atom is 0.339 e. The van der Waals surface area contributed by atoms with Gasteiger partial charge in [0.2, 0.25) is 0 Å². The summed E-state index contributed by atoms with van der Waals surface area (Å²) in [4.78, 5) is 33.4. The Morgan fingerprint density at radius 3 is 2.26 bits per heavy atom. The summed E-state index contributed by atoms with van der Waals surface area (Å²) in [5, 5.41) is 26.7. The molecule has 1 unspecified atom stereocenters. The lowest BCUT2D eigenvalue weighted by Gasteiger charge is -2.09. The molecule has 1 rings (SSSR count). The van der Waals surface area contributed by atoms with E-state index in [0.29, 0.717) is 0 Å². The second-order valence-corrected chi connectivity index (χ2v) is 3.82. The van der Waals surface area contributed by atoms with Crippen molar-refractivity contribution in [3.05, 3.63) is 34.9 Å². The maximum atomic E-state index is 11.7. The number of benzene rings is 1. The molecule has 0 saturated heterocycles. The molecule has 0 radical (unpaired) electrons. The number of ether oxygens (including phenoxy) is 1. The van der Waals surface area contributed by atoms with Crippen molar-refractivity contribution in [2.75, 3.05) is 6.61 Å². The standard InChI is InChI=1S/C12H12O7/c1-6(13)5-19-12(18)9-4-7(10(14)15)2-3-8(9)11(16)17/h2-4,6,13H,5H2,1H3,(H,14,15)(H,16,17). The summed E-state index contributed by atoms with van der Waals surface area (Å²) in [6.45, 7) is 1.08. The minimum atomic E-state index is -1.37. The van der Waals surface area contributed by atoms with Crippen molar-refractivity contribution >= 4 is 17.9 Å². The highest BCUT2D eigenvalue weighted by Crippen LogP contribution is 2.14. The Kier molecular flexibility index (Phi) is 4.60. The van der Waals surface area contributed by atoms with Crippen LogP contribution in [0.25, 0.3) is 0 Å². The van der Waals surface area contributed by atoms with Crippen LogP contribution in [-0.2, 0) is 4.74 Å². The highest BCUT2D eigenvalue weighted by Gasteiger charge is 2.20. The van der Waals surface area contributed by atoms with Crippen LogP contribution in [0.15, 0.2) is 18.2 Å². The van der Waals surface area contributed by atoms with Gasteiger partial charge in [-0.25, -0.2) is 14.4 Å². The molecule has 0 heterocycles. The molecule has 1 aromatic rings. The first kappa shape index (κ1) is 14.7. The molecule has 0 amide bonds. The van der Waals surface area contributed by atoms with Crippen LogP contribution >= 0.6 is 0 Å². The van der Waals surface area contributed by atoms with Crippen LogP contribution in [0.3, 0.4) is 0 Å². The second kappa shape index (κ2) is 5.96. The number of aliphatic hydroxyl groups is 1. The van der Waals surface area contributed by atoms with Gasteiger partial charge >= 0.3 is 17.9 Å². The summed E-state index contributed by atoms with van der Waals surface area (Å²) in [5.74, 6) is -3.66. The molecule has 0 aliphatic heterocycles. The first-order valence-corrected chi connectivity index (χ1v) is 5.28. The van der Waals surface area contributed by atoms with Gasteiger partial charge in [-0.1, -0.05) is 0 Å². The van der Waals surface area contributed by atoms with E-state index in [4.69, 9.17) is 15.3 Å². The van der Waals surface area contributed by atoms with Crippen molar-refractivity contribution in [1.29, 1.82) is 0 Å². The summed E-state index contributed by atoms with van der Waals surface area (Å²) < 4.78 is 4.67. The lowest BCUT2D eigenvalue weighted by atomic mass is 10.0. The third kappa shape index (κ3) is 3.78. The number of hydrogen-bond donors (Lipinski definition) is 3. The fourth-order valence-electron chi connectivity index (χ4n) is 1.31. The largest absolute Gasteiger partial charge is 0.478 e. The van der Waals surface area contributed by atoms with Gasteiger partial charge in [0.1, 0.15) is 6.61 Å². The zero-order valence-corrected chi connectivity index (χ0v) is 9.99. The highest BCUT2D eigenvalue weighted by molar-refractivity contribution is 6.04. The van der Waals surface area contributed by atoms with Gasteiger partial charge in [-0.2, -0.15) is 0 Å². The van der Waals surface area contributed by atoms with E-state index in [-0.39, 0.29) is 23.3 Å². The number of aliphatic hydroxyl groups excluding tert-OH is 1. The summed E-state index contributed by atoms with van der Waals surface area (Å²) in [6.07, 6.45) is -0.903. The average molecular weight is 268 g/mol. The fourth-order valence-corrected chi connectivity index (χ4v) is 1.31. The quantitative estimate of drug-likeness (QED) is 0.669. The predicted molar refractivity (Wildman–Crippen MR) is 62.3 cm³/mol. The minimum Gasteiger partial charge on any atom is -0.478 e. The van der Waals surface area contributed by atoms with Crippen LogP contribution in [-0.4, -0.2) is 45.9 Å². The molecule has 1 aromatic carbocycles. The molecular formula is C12H12O7. The molecule has 0 aromatic heterocycles. The van der Waals surface area contributed by atoms with E-state index in [1.165, 1.54) is 6.92 Å². The monoisotopic (exact) mass is 268 g/mol. The molecule has 19 heavy (non-hydrogen) atoms. The smallest absolute Gasteiger partial charge is 0.339 e. The van der Waals surface area contributed by atoms with Crippen molar-refractivity contribution in [3.8, 4) is 0 Å². The molecule has 0 saturated carbocycles.